The molecule has 0 fully saturated rings. The predicted octanol–water partition coefficient (Wildman–Crippen LogP) is 5.91. The van der Waals surface area contributed by atoms with Crippen LogP contribution in [0, 0.1) is 0 Å². The summed E-state index contributed by atoms with van der Waals surface area (Å²) < 4.78 is 13.6. The molecule has 0 aliphatic carbocycles. The van der Waals surface area contributed by atoms with E-state index in [1.807, 2.05) is 82.3 Å². The van der Waals surface area contributed by atoms with Crippen LogP contribution in [-0.2, 0) is 9.53 Å². The Labute approximate surface area is 189 Å². The molecule has 5 heteroatoms. The van der Waals surface area contributed by atoms with Gasteiger partial charge in [0.1, 0.15) is 17.0 Å². The van der Waals surface area contributed by atoms with Gasteiger partial charge in [0, 0.05) is 23.7 Å². The molecule has 3 aromatic rings. The summed E-state index contributed by atoms with van der Waals surface area (Å²) in [6.07, 6.45) is 1.14. The average Bonchev–Trinajstić information content (AvgIpc) is 2.72. The van der Waals surface area contributed by atoms with Crippen LogP contribution in [0.15, 0.2) is 72.0 Å². The van der Waals surface area contributed by atoms with Crippen LogP contribution in [-0.4, -0.2) is 21.7 Å². The second kappa shape index (κ2) is 8.65. The molecule has 0 radical (unpaired) electrons. The van der Waals surface area contributed by atoms with E-state index in [0.717, 1.165) is 22.5 Å². The molecule has 0 aliphatic heterocycles. The molecule has 0 spiro atoms. The highest BCUT2D eigenvalue weighted by atomic mass is 16.6. The second-order valence-corrected chi connectivity index (χ2v) is 9.16. The Balaban J connectivity index is 2.09. The van der Waals surface area contributed by atoms with E-state index < -0.39 is 17.2 Å². The van der Waals surface area contributed by atoms with Crippen LogP contribution in [0.2, 0.25) is 0 Å². The molecular formula is C27H31NO4. The fourth-order valence-corrected chi connectivity index (χ4v) is 3.54. The van der Waals surface area contributed by atoms with E-state index in [1.54, 1.807) is 18.4 Å². The normalized spacial score (nSPS) is 12.1. The van der Waals surface area contributed by atoms with Gasteiger partial charge < -0.3 is 14.0 Å². The zero-order chi connectivity index (χ0) is 23.7. The maximum Gasteiger partial charge on any atom is 0.330 e. The van der Waals surface area contributed by atoms with Gasteiger partial charge >= 0.3 is 5.97 Å². The van der Waals surface area contributed by atoms with Crippen LogP contribution in [0.4, 0.5) is 0 Å². The zero-order valence-corrected chi connectivity index (χ0v) is 19.6. The van der Waals surface area contributed by atoms with Gasteiger partial charge in [0.05, 0.1) is 5.52 Å². The summed E-state index contributed by atoms with van der Waals surface area (Å²) in [6.45, 7) is 14.8. The monoisotopic (exact) mass is 433 g/mol. The summed E-state index contributed by atoms with van der Waals surface area (Å²) in [6, 6.07) is 17.3. The SMILES string of the molecule is C=CC(=O)OC(C)(C)C(C)(C)Oc1ccc2cc(-c3ccccc3)c(=O)n(C(C)C)c2c1. The number of hydrogen-bond acceptors (Lipinski definition) is 4. The highest BCUT2D eigenvalue weighted by Crippen LogP contribution is 2.33. The Kier molecular flexibility index (Phi) is 6.31. The van der Waals surface area contributed by atoms with Crippen LogP contribution in [0.25, 0.3) is 22.0 Å². The maximum absolute atomic E-state index is 13.4. The van der Waals surface area contributed by atoms with Crippen LogP contribution < -0.4 is 10.3 Å². The number of carbonyl (C=O) groups excluding carboxylic acids is 1. The Morgan fingerprint density at radius 3 is 2.25 bits per heavy atom. The standard InChI is InChI=1S/C27H31NO4/c1-8-24(29)32-27(6,7)26(4,5)31-21-15-14-20-16-22(19-12-10-9-11-13-19)25(30)28(18(2)3)23(20)17-21/h8-18H,1H2,2-7H3. The number of fused-ring (bicyclic) bond motifs is 1. The fraction of sp³-hybridized carbons (Fsp3) is 0.333. The largest absolute Gasteiger partial charge is 0.484 e. The van der Waals surface area contributed by atoms with Crippen molar-refractivity contribution in [3.8, 4) is 16.9 Å². The van der Waals surface area contributed by atoms with Crippen molar-refractivity contribution in [3.63, 3.8) is 0 Å². The topological polar surface area (TPSA) is 57.5 Å². The van der Waals surface area contributed by atoms with Crippen molar-refractivity contribution in [2.45, 2.75) is 58.8 Å². The van der Waals surface area contributed by atoms with Gasteiger partial charge in [0.25, 0.3) is 5.56 Å². The lowest BCUT2D eigenvalue weighted by atomic mass is 9.89. The summed E-state index contributed by atoms with van der Waals surface area (Å²) in [5.74, 6) is 0.0822. The van der Waals surface area contributed by atoms with Crippen molar-refractivity contribution in [2.24, 2.45) is 0 Å². The molecule has 0 atom stereocenters. The lowest BCUT2D eigenvalue weighted by Gasteiger charge is -2.40. The molecule has 1 heterocycles. The summed E-state index contributed by atoms with van der Waals surface area (Å²) in [5.41, 5.74) is 0.544. The molecule has 1 aromatic heterocycles. The number of aromatic nitrogens is 1. The van der Waals surface area contributed by atoms with Gasteiger partial charge in [0.15, 0.2) is 0 Å². The van der Waals surface area contributed by atoms with E-state index in [4.69, 9.17) is 9.47 Å². The molecule has 2 aromatic carbocycles. The molecule has 0 bridgehead atoms. The number of esters is 1. The third-order valence-electron chi connectivity index (χ3n) is 5.96. The van der Waals surface area contributed by atoms with Gasteiger partial charge in [-0.15, -0.1) is 0 Å². The van der Waals surface area contributed by atoms with Gasteiger partial charge in [0.2, 0.25) is 0 Å². The molecule has 0 N–H and O–H groups in total. The van der Waals surface area contributed by atoms with Crippen LogP contribution in [0.5, 0.6) is 5.75 Å². The Morgan fingerprint density at radius 1 is 1.00 bits per heavy atom. The van der Waals surface area contributed by atoms with Gasteiger partial charge in [-0.25, -0.2) is 4.79 Å². The maximum atomic E-state index is 13.4. The van der Waals surface area contributed by atoms with Crippen molar-refractivity contribution in [1.29, 1.82) is 0 Å². The number of nitrogens with zero attached hydrogens (tertiary/aromatic N) is 1. The minimum atomic E-state index is -0.915. The van der Waals surface area contributed by atoms with E-state index in [9.17, 15) is 9.59 Å². The van der Waals surface area contributed by atoms with Crippen LogP contribution >= 0.6 is 0 Å². The highest BCUT2D eigenvalue weighted by molar-refractivity contribution is 5.85. The number of rotatable bonds is 7. The molecule has 3 rings (SSSR count). The first-order valence-corrected chi connectivity index (χ1v) is 10.8. The molecule has 0 aliphatic rings. The van der Waals surface area contributed by atoms with Crippen molar-refractivity contribution >= 4 is 16.9 Å². The highest BCUT2D eigenvalue weighted by Gasteiger charge is 2.42. The van der Waals surface area contributed by atoms with E-state index >= 15 is 0 Å². The van der Waals surface area contributed by atoms with Gasteiger partial charge in [-0.05, 0) is 70.7 Å². The summed E-state index contributed by atoms with van der Waals surface area (Å²) in [4.78, 5) is 25.2. The first kappa shape index (κ1) is 23.3. The molecule has 168 valence electrons. The number of hydrogen-bond donors (Lipinski definition) is 0. The number of benzene rings is 2. The minimum absolute atomic E-state index is 0.0399. The third kappa shape index (κ3) is 4.47. The average molecular weight is 434 g/mol. The number of carbonyl (C=O) groups is 1. The molecular weight excluding hydrogens is 402 g/mol. The molecule has 0 amide bonds. The quantitative estimate of drug-likeness (QED) is 0.343. The van der Waals surface area contributed by atoms with Gasteiger partial charge in [-0.3, -0.25) is 4.79 Å². The van der Waals surface area contributed by atoms with Gasteiger partial charge in [-0.2, -0.15) is 0 Å². The molecule has 5 nitrogen and oxygen atoms in total. The number of pyridine rings is 1. The van der Waals surface area contributed by atoms with Crippen LogP contribution in [0.3, 0.4) is 0 Å². The zero-order valence-electron chi connectivity index (χ0n) is 19.6. The summed E-state index contributed by atoms with van der Waals surface area (Å²) in [7, 11) is 0. The first-order chi connectivity index (χ1) is 15.0. The second-order valence-electron chi connectivity index (χ2n) is 9.16. The van der Waals surface area contributed by atoms with E-state index in [1.165, 1.54) is 0 Å². The Hall–Kier alpha value is -3.34. The fourth-order valence-electron chi connectivity index (χ4n) is 3.54. The Bertz CT molecular complexity index is 1200. The van der Waals surface area contributed by atoms with Crippen LogP contribution in [0.1, 0.15) is 47.6 Å². The van der Waals surface area contributed by atoms with E-state index in [2.05, 4.69) is 6.58 Å². The first-order valence-electron chi connectivity index (χ1n) is 10.8. The number of ether oxygens (including phenoxy) is 2. The predicted molar refractivity (Wildman–Crippen MR) is 129 cm³/mol. The van der Waals surface area contributed by atoms with Crippen molar-refractivity contribution < 1.29 is 14.3 Å². The van der Waals surface area contributed by atoms with Gasteiger partial charge in [-0.1, -0.05) is 36.9 Å². The molecule has 0 unspecified atom stereocenters. The summed E-state index contributed by atoms with van der Waals surface area (Å²) in [5, 5.41) is 0.944. The lowest BCUT2D eigenvalue weighted by molar-refractivity contribution is -0.170. The smallest absolute Gasteiger partial charge is 0.330 e. The third-order valence-corrected chi connectivity index (χ3v) is 5.96. The molecule has 0 saturated heterocycles. The Morgan fingerprint density at radius 2 is 1.66 bits per heavy atom. The van der Waals surface area contributed by atoms with Crippen molar-refractivity contribution in [3.05, 3.63) is 77.6 Å². The van der Waals surface area contributed by atoms with Crippen molar-refractivity contribution in [2.75, 3.05) is 0 Å². The van der Waals surface area contributed by atoms with Crippen molar-refractivity contribution in [1.82, 2.24) is 4.57 Å². The molecule has 0 saturated carbocycles. The minimum Gasteiger partial charge on any atom is -0.484 e. The van der Waals surface area contributed by atoms with E-state index in [-0.39, 0.29) is 11.6 Å². The lowest BCUT2D eigenvalue weighted by Crippen LogP contribution is -2.52. The van der Waals surface area contributed by atoms with E-state index in [0.29, 0.717) is 11.3 Å². The molecule has 32 heavy (non-hydrogen) atoms. The summed E-state index contributed by atoms with van der Waals surface area (Å²) >= 11 is 0.